The molecule has 1 aromatic carbocycles. The maximum atomic E-state index is 9.56. The van der Waals surface area contributed by atoms with E-state index in [1.165, 1.54) is 11.3 Å². The first-order valence-electron chi connectivity index (χ1n) is 7.81. The van der Waals surface area contributed by atoms with Gasteiger partial charge < -0.3 is 4.42 Å². The first-order valence-corrected chi connectivity index (χ1v) is 10.3. The summed E-state index contributed by atoms with van der Waals surface area (Å²) in [6.07, 6.45) is 1.68. The molecular weight excluding hydrogens is 419 g/mol. The number of hydrogen-bond acceptors (Lipinski definition) is 5. The third-order valence-electron chi connectivity index (χ3n) is 3.76. The number of nitriles is 1. The Morgan fingerprint density at radius 1 is 1.11 bits per heavy atom. The Kier molecular flexibility index (Phi) is 5.15. The summed E-state index contributed by atoms with van der Waals surface area (Å²) in [4.78, 5) is 5.64. The van der Waals surface area contributed by atoms with Crippen molar-refractivity contribution in [2.24, 2.45) is 0 Å². The minimum absolute atomic E-state index is 0.435. The molecule has 0 unspecified atom stereocenters. The Morgan fingerprint density at radius 2 is 2.00 bits per heavy atom. The van der Waals surface area contributed by atoms with Crippen molar-refractivity contribution < 1.29 is 4.42 Å². The minimum Gasteiger partial charge on any atom is -0.457 e. The molecule has 4 aromatic rings. The molecule has 0 spiro atoms. The summed E-state index contributed by atoms with van der Waals surface area (Å²) in [6.45, 7) is 0. The summed E-state index contributed by atoms with van der Waals surface area (Å²) in [5.74, 6) is 1.13. The van der Waals surface area contributed by atoms with Gasteiger partial charge in [-0.05, 0) is 35.7 Å². The number of thiazole rings is 1. The molecule has 0 saturated carbocycles. The first-order chi connectivity index (χ1) is 13.2. The van der Waals surface area contributed by atoms with Crippen LogP contribution < -0.4 is 0 Å². The Labute approximate surface area is 173 Å². The zero-order valence-corrected chi connectivity index (χ0v) is 16.8. The van der Waals surface area contributed by atoms with Crippen molar-refractivity contribution in [3.63, 3.8) is 0 Å². The Bertz CT molecular complexity index is 1170. The molecular formula is C20H10Cl2N2OS2. The monoisotopic (exact) mass is 428 g/mol. The third-order valence-corrected chi connectivity index (χ3v) is 6.35. The maximum Gasteiger partial charge on any atom is 0.136 e. The van der Waals surface area contributed by atoms with Crippen LogP contribution in [0.4, 0.5) is 0 Å². The molecule has 3 aromatic heterocycles. The van der Waals surface area contributed by atoms with Crippen LogP contribution in [0.3, 0.4) is 0 Å². The van der Waals surface area contributed by atoms with E-state index < -0.39 is 0 Å². The fraction of sp³-hybridized carbons (Fsp3) is 0. The van der Waals surface area contributed by atoms with E-state index in [0.29, 0.717) is 37.7 Å². The molecule has 0 N–H and O–H groups in total. The fourth-order valence-corrected chi connectivity index (χ4v) is 4.43. The smallest absolute Gasteiger partial charge is 0.136 e. The summed E-state index contributed by atoms with van der Waals surface area (Å²) in [5.41, 5.74) is 2.02. The average molecular weight is 429 g/mol. The normalized spacial score (nSPS) is 11.5. The van der Waals surface area contributed by atoms with Gasteiger partial charge in [-0.25, -0.2) is 4.98 Å². The van der Waals surface area contributed by atoms with E-state index in [1.54, 1.807) is 35.6 Å². The maximum absolute atomic E-state index is 9.56. The zero-order chi connectivity index (χ0) is 18.8. The van der Waals surface area contributed by atoms with E-state index in [1.807, 2.05) is 35.0 Å². The lowest BCUT2D eigenvalue weighted by Gasteiger charge is -2.02. The average Bonchev–Trinajstić information content (AvgIpc) is 3.42. The standard InChI is InChI=1S/C20H10Cl2N2OS2/c21-15-4-1-3-14(19(15)22)17-7-6-13(25-17)9-12(10-23)20-24-16(11-27-20)18-5-2-8-26-18/h1-9,11H/b12-9+. The molecule has 0 atom stereocenters. The van der Waals surface area contributed by atoms with E-state index in [2.05, 4.69) is 11.1 Å². The van der Waals surface area contributed by atoms with Gasteiger partial charge in [0.15, 0.2) is 0 Å². The number of furan rings is 1. The number of nitrogens with zero attached hydrogens (tertiary/aromatic N) is 2. The molecule has 0 saturated heterocycles. The van der Waals surface area contributed by atoms with Crippen LogP contribution in [0.1, 0.15) is 10.8 Å². The summed E-state index contributed by atoms with van der Waals surface area (Å²) in [6, 6.07) is 15.1. The minimum atomic E-state index is 0.435. The van der Waals surface area contributed by atoms with Crippen molar-refractivity contribution in [1.82, 2.24) is 4.98 Å². The quantitative estimate of drug-likeness (QED) is 0.316. The lowest BCUT2D eigenvalue weighted by atomic mass is 10.2. The molecule has 0 amide bonds. The topological polar surface area (TPSA) is 49.8 Å². The van der Waals surface area contributed by atoms with Gasteiger partial charge in [0.05, 0.1) is 26.2 Å². The van der Waals surface area contributed by atoms with Gasteiger partial charge in [-0.1, -0.05) is 35.3 Å². The van der Waals surface area contributed by atoms with Crippen molar-refractivity contribution in [3.05, 3.63) is 74.0 Å². The molecule has 3 nitrogen and oxygen atoms in total. The van der Waals surface area contributed by atoms with Crippen LogP contribution in [-0.4, -0.2) is 4.98 Å². The molecule has 4 rings (SSSR count). The molecule has 0 aliphatic rings. The van der Waals surface area contributed by atoms with Gasteiger partial charge in [-0.15, -0.1) is 22.7 Å². The summed E-state index contributed by atoms with van der Waals surface area (Å²) < 4.78 is 5.85. The summed E-state index contributed by atoms with van der Waals surface area (Å²) >= 11 is 15.4. The number of hydrogen-bond donors (Lipinski definition) is 0. The number of rotatable bonds is 4. The van der Waals surface area contributed by atoms with Gasteiger partial charge >= 0.3 is 0 Å². The molecule has 7 heteroatoms. The highest BCUT2D eigenvalue weighted by atomic mass is 35.5. The number of thiophene rings is 1. The van der Waals surface area contributed by atoms with Crippen molar-refractivity contribution in [2.45, 2.75) is 0 Å². The van der Waals surface area contributed by atoms with Crippen LogP contribution in [0.2, 0.25) is 10.0 Å². The first kappa shape index (κ1) is 18.0. The van der Waals surface area contributed by atoms with Crippen LogP contribution in [0, 0.1) is 11.3 Å². The predicted octanol–water partition coefficient (Wildman–Crippen LogP) is 7.50. The number of benzene rings is 1. The SMILES string of the molecule is N#C/C(=C\c1ccc(-c2cccc(Cl)c2Cl)o1)c1nc(-c2cccs2)cs1. The molecule has 0 bridgehead atoms. The lowest BCUT2D eigenvalue weighted by Crippen LogP contribution is -1.81. The molecule has 0 aliphatic heterocycles. The third kappa shape index (κ3) is 3.71. The van der Waals surface area contributed by atoms with Gasteiger partial charge in [-0.2, -0.15) is 5.26 Å². The van der Waals surface area contributed by atoms with Crippen LogP contribution >= 0.6 is 45.9 Å². The second-order valence-corrected chi connectivity index (χ2v) is 8.08. The van der Waals surface area contributed by atoms with E-state index in [-0.39, 0.29) is 0 Å². The van der Waals surface area contributed by atoms with Crippen LogP contribution in [0.15, 0.2) is 57.6 Å². The summed E-state index contributed by atoms with van der Waals surface area (Å²) in [5, 5.41) is 15.1. The second kappa shape index (κ2) is 7.71. The van der Waals surface area contributed by atoms with Crippen LogP contribution in [0.25, 0.3) is 33.5 Å². The van der Waals surface area contributed by atoms with E-state index in [0.717, 1.165) is 10.6 Å². The highest BCUT2D eigenvalue weighted by Gasteiger charge is 2.13. The highest BCUT2D eigenvalue weighted by molar-refractivity contribution is 7.14. The lowest BCUT2D eigenvalue weighted by molar-refractivity contribution is 0.572. The van der Waals surface area contributed by atoms with Crippen LogP contribution in [0.5, 0.6) is 0 Å². The molecule has 0 aliphatic carbocycles. The van der Waals surface area contributed by atoms with Crippen molar-refractivity contribution >= 4 is 57.5 Å². The van der Waals surface area contributed by atoms with Gasteiger partial charge in [0.1, 0.15) is 22.6 Å². The van der Waals surface area contributed by atoms with Crippen molar-refractivity contribution in [2.75, 3.05) is 0 Å². The molecule has 27 heavy (non-hydrogen) atoms. The van der Waals surface area contributed by atoms with Crippen molar-refractivity contribution in [1.29, 1.82) is 5.26 Å². The second-order valence-electron chi connectivity index (χ2n) is 5.49. The number of allylic oxidation sites excluding steroid dienone is 1. The molecule has 132 valence electrons. The van der Waals surface area contributed by atoms with Gasteiger partial charge in [-0.3, -0.25) is 0 Å². The predicted molar refractivity (Wildman–Crippen MR) is 113 cm³/mol. The Morgan fingerprint density at radius 3 is 2.78 bits per heavy atom. The number of halogens is 2. The summed E-state index contributed by atoms with van der Waals surface area (Å²) in [7, 11) is 0. The zero-order valence-electron chi connectivity index (χ0n) is 13.6. The van der Waals surface area contributed by atoms with Gasteiger partial charge in [0.2, 0.25) is 0 Å². The largest absolute Gasteiger partial charge is 0.457 e. The van der Waals surface area contributed by atoms with Gasteiger partial charge in [0.25, 0.3) is 0 Å². The number of aromatic nitrogens is 1. The van der Waals surface area contributed by atoms with E-state index >= 15 is 0 Å². The molecule has 0 radical (unpaired) electrons. The van der Waals surface area contributed by atoms with Crippen molar-refractivity contribution in [3.8, 4) is 28.0 Å². The Hall–Kier alpha value is -2.36. The highest BCUT2D eigenvalue weighted by Crippen LogP contribution is 2.35. The van der Waals surface area contributed by atoms with Gasteiger partial charge in [0, 0.05) is 17.0 Å². The fourth-order valence-electron chi connectivity index (χ4n) is 2.49. The van der Waals surface area contributed by atoms with E-state index in [4.69, 9.17) is 27.6 Å². The Balaban J connectivity index is 1.66. The molecule has 0 fully saturated rings. The van der Waals surface area contributed by atoms with E-state index in [9.17, 15) is 5.26 Å². The molecule has 3 heterocycles. The van der Waals surface area contributed by atoms with Crippen LogP contribution in [-0.2, 0) is 0 Å².